The minimum absolute atomic E-state index is 0.876. The van der Waals surface area contributed by atoms with Crippen molar-refractivity contribution in [2.24, 2.45) is 4.99 Å². The molecule has 5 nitrogen and oxygen atoms in total. The standard InChI is InChI=1S/C18H33N5S/c1-3-19-18(21-11-9-17-15-24-16(2)22-17)20-10-8-14-23-12-6-4-5-7-13-23/h15H,3-14H2,1-2H3,(H2,19,20,21). The predicted molar refractivity (Wildman–Crippen MR) is 104 cm³/mol. The van der Waals surface area contributed by atoms with Gasteiger partial charge in [-0.1, -0.05) is 12.8 Å². The second kappa shape index (κ2) is 11.4. The van der Waals surface area contributed by atoms with Crippen molar-refractivity contribution < 1.29 is 0 Å². The van der Waals surface area contributed by atoms with Crippen LogP contribution in [0, 0.1) is 6.92 Å². The lowest BCUT2D eigenvalue weighted by Gasteiger charge is -2.19. The molecule has 0 bridgehead atoms. The Kier molecular flexibility index (Phi) is 9.13. The topological polar surface area (TPSA) is 52.6 Å². The SMILES string of the molecule is CCNC(=NCCCN1CCCCCC1)NCCc1csc(C)n1. The number of aromatic nitrogens is 1. The Hall–Kier alpha value is -1.14. The summed E-state index contributed by atoms with van der Waals surface area (Å²) in [7, 11) is 0. The second-order valence-electron chi connectivity index (χ2n) is 6.40. The van der Waals surface area contributed by atoms with Gasteiger partial charge in [-0.3, -0.25) is 4.99 Å². The zero-order chi connectivity index (χ0) is 17.0. The van der Waals surface area contributed by atoms with Crippen molar-refractivity contribution in [2.45, 2.75) is 52.4 Å². The highest BCUT2D eigenvalue weighted by Gasteiger charge is 2.08. The maximum Gasteiger partial charge on any atom is 0.191 e. The molecule has 1 saturated heterocycles. The van der Waals surface area contributed by atoms with E-state index in [2.05, 4.69) is 39.7 Å². The van der Waals surface area contributed by atoms with E-state index in [1.54, 1.807) is 11.3 Å². The van der Waals surface area contributed by atoms with E-state index in [4.69, 9.17) is 4.99 Å². The molecule has 0 radical (unpaired) electrons. The van der Waals surface area contributed by atoms with Gasteiger partial charge in [0.25, 0.3) is 0 Å². The summed E-state index contributed by atoms with van der Waals surface area (Å²) in [5, 5.41) is 10.0. The minimum Gasteiger partial charge on any atom is -0.357 e. The Balaban J connectivity index is 1.65. The smallest absolute Gasteiger partial charge is 0.191 e. The third-order valence-corrected chi connectivity index (χ3v) is 5.11. The normalized spacial score (nSPS) is 16.8. The van der Waals surface area contributed by atoms with Gasteiger partial charge >= 0.3 is 0 Å². The van der Waals surface area contributed by atoms with Gasteiger partial charge in [-0.15, -0.1) is 11.3 Å². The molecule has 2 heterocycles. The second-order valence-corrected chi connectivity index (χ2v) is 7.47. The van der Waals surface area contributed by atoms with Gasteiger partial charge in [0.05, 0.1) is 10.7 Å². The highest BCUT2D eigenvalue weighted by Crippen LogP contribution is 2.09. The zero-order valence-corrected chi connectivity index (χ0v) is 16.1. The number of rotatable bonds is 8. The Morgan fingerprint density at radius 3 is 2.71 bits per heavy atom. The third kappa shape index (κ3) is 7.62. The molecule has 1 fully saturated rings. The predicted octanol–water partition coefficient (Wildman–Crippen LogP) is 2.82. The highest BCUT2D eigenvalue weighted by molar-refractivity contribution is 7.09. The first-order valence-corrected chi connectivity index (χ1v) is 10.3. The monoisotopic (exact) mass is 351 g/mol. The summed E-state index contributed by atoms with van der Waals surface area (Å²) in [5.41, 5.74) is 1.17. The summed E-state index contributed by atoms with van der Waals surface area (Å²) in [5.74, 6) is 0.931. The van der Waals surface area contributed by atoms with Gasteiger partial charge < -0.3 is 15.5 Å². The summed E-state index contributed by atoms with van der Waals surface area (Å²) in [4.78, 5) is 11.8. The lowest BCUT2D eigenvalue weighted by atomic mass is 10.2. The quantitative estimate of drug-likeness (QED) is 0.430. The van der Waals surface area contributed by atoms with Crippen LogP contribution in [0.2, 0.25) is 0 Å². The molecule has 1 aliphatic rings. The van der Waals surface area contributed by atoms with Crippen LogP contribution in [0.25, 0.3) is 0 Å². The van der Waals surface area contributed by atoms with Gasteiger partial charge in [-0.2, -0.15) is 0 Å². The third-order valence-electron chi connectivity index (χ3n) is 4.29. The van der Waals surface area contributed by atoms with Crippen molar-refractivity contribution >= 4 is 17.3 Å². The van der Waals surface area contributed by atoms with E-state index in [1.165, 1.54) is 51.0 Å². The van der Waals surface area contributed by atoms with Crippen molar-refractivity contribution in [1.82, 2.24) is 20.5 Å². The number of thiazole rings is 1. The molecule has 6 heteroatoms. The molecule has 0 atom stereocenters. The number of hydrogen-bond acceptors (Lipinski definition) is 4. The van der Waals surface area contributed by atoms with Gasteiger partial charge in [-0.25, -0.2) is 4.98 Å². The summed E-state index contributed by atoms with van der Waals surface area (Å²) in [6.07, 6.45) is 7.63. The van der Waals surface area contributed by atoms with E-state index >= 15 is 0 Å². The first-order valence-electron chi connectivity index (χ1n) is 9.43. The van der Waals surface area contributed by atoms with Crippen LogP contribution in [-0.2, 0) is 6.42 Å². The number of guanidine groups is 1. The van der Waals surface area contributed by atoms with Crippen LogP contribution >= 0.6 is 11.3 Å². The fourth-order valence-electron chi connectivity index (χ4n) is 3.02. The molecule has 0 saturated carbocycles. The van der Waals surface area contributed by atoms with Gasteiger partial charge in [0.2, 0.25) is 0 Å². The van der Waals surface area contributed by atoms with E-state index in [0.717, 1.165) is 43.4 Å². The maximum atomic E-state index is 4.71. The molecule has 2 rings (SSSR count). The molecule has 1 aromatic heterocycles. The molecule has 0 amide bonds. The molecule has 2 N–H and O–H groups in total. The van der Waals surface area contributed by atoms with Crippen molar-refractivity contribution in [3.8, 4) is 0 Å². The van der Waals surface area contributed by atoms with Crippen molar-refractivity contribution in [1.29, 1.82) is 0 Å². The van der Waals surface area contributed by atoms with Crippen molar-refractivity contribution in [3.05, 3.63) is 16.1 Å². The van der Waals surface area contributed by atoms with E-state index < -0.39 is 0 Å². The average Bonchev–Trinajstić information content (AvgIpc) is 2.83. The van der Waals surface area contributed by atoms with Crippen molar-refractivity contribution in [2.75, 3.05) is 39.3 Å². The fraction of sp³-hybridized carbons (Fsp3) is 0.778. The Morgan fingerprint density at radius 2 is 2.04 bits per heavy atom. The molecule has 1 aromatic rings. The van der Waals surface area contributed by atoms with Gasteiger partial charge in [0, 0.05) is 31.4 Å². The molecule has 24 heavy (non-hydrogen) atoms. The molecular weight excluding hydrogens is 318 g/mol. The van der Waals surface area contributed by atoms with Crippen LogP contribution in [0.1, 0.15) is 49.7 Å². The van der Waals surface area contributed by atoms with E-state index in [1.807, 2.05) is 0 Å². The van der Waals surface area contributed by atoms with Gasteiger partial charge in [0.15, 0.2) is 5.96 Å². The molecule has 1 aliphatic heterocycles. The van der Waals surface area contributed by atoms with Crippen LogP contribution in [0.4, 0.5) is 0 Å². The van der Waals surface area contributed by atoms with Crippen LogP contribution in [-0.4, -0.2) is 55.1 Å². The first-order chi connectivity index (χ1) is 11.8. The lowest BCUT2D eigenvalue weighted by Crippen LogP contribution is -2.38. The zero-order valence-electron chi connectivity index (χ0n) is 15.3. The largest absolute Gasteiger partial charge is 0.357 e. The lowest BCUT2D eigenvalue weighted by molar-refractivity contribution is 0.283. The van der Waals surface area contributed by atoms with E-state index in [0.29, 0.717) is 0 Å². The molecule has 0 aromatic carbocycles. The van der Waals surface area contributed by atoms with Crippen LogP contribution in [0.3, 0.4) is 0 Å². The maximum absolute atomic E-state index is 4.71. The van der Waals surface area contributed by atoms with E-state index in [-0.39, 0.29) is 0 Å². The number of nitrogens with one attached hydrogen (secondary N) is 2. The average molecular weight is 352 g/mol. The van der Waals surface area contributed by atoms with Gasteiger partial charge in [-0.05, 0) is 52.7 Å². The molecular formula is C18H33N5S. The summed E-state index contributed by atoms with van der Waals surface area (Å²) < 4.78 is 0. The Bertz CT molecular complexity index is 478. The fourth-order valence-corrected chi connectivity index (χ4v) is 3.67. The summed E-state index contributed by atoms with van der Waals surface area (Å²) in [6, 6.07) is 0. The first kappa shape index (κ1) is 19.2. The summed E-state index contributed by atoms with van der Waals surface area (Å²) >= 11 is 1.72. The molecule has 0 unspecified atom stereocenters. The number of aliphatic imine (C=N–C) groups is 1. The van der Waals surface area contributed by atoms with Crippen LogP contribution in [0.5, 0.6) is 0 Å². The number of aryl methyl sites for hydroxylation is 1. The molecule has 136 valence electrons. The number of nitrogens with zero attached hydrogens (tertiary/aromatic N) is 3. The van der Waals surface area contributed by atoms with Crippen LogP contribution in [0.15, 0.2) is 10.4 Å². The Morgan fingerprint density at radius 1 is 1.25 bits per heavy atom. The summed E-state index contributed by atoms with van der Waals surface area (Å²) in [6.45, 7) is 10.6. The number of hydrogen-bond donors (Lipinski definition) is 2. The van der Waals surface area contributed by atoms with Gasteiger partial charge in [0.1, 0.15) is 0 Å². The molecule has 0 aliphatic carbocycles. The molecule has 0 spiro atoms. The Labute approximate surface area is 151 Å². The number of likely N-dealkylation sites (tertiary alicyclic amines) is 1. The minimum atomic E-state index is 0.876. The van der Waals surface area contributed by atoms with Crippen molar-refractivity contribution in [3.63, 3.8) is 0 Å². The van der Waals surface area contributed by atoms with E-state index in [9.17, 15) is 0 Å². The van der Waals surface area contributed by atoms with Crippen LogP contribution < -0.4 is 10.6 Å². The highest BCUT2D eigenvalue weighted by atomic mass is 32.1.